The first-order chi connectivity index (χ1) is 13.0. The van der Waals surface area contributed by atoms with E-state index in [-0.39, 0.29) is 31.0 Å². The van der Waals surface area contributed by atoms with E-state index in [1.165, 1.54) is 11.9 Å². The molecule has 154 valence electrons. The maximum absolute atomic E-state index is 12.7. The van der Waals surface area contributed by atoms with Crippen LogP contribution in [0.5, 0.6) is 11.5 Å². The van der Waals surface area contributed by atoms with Crippen molar-refractivity contribution in [3.63, 3.8) is 0 Å². The fraction of sp³-hybridized carbons (Fsp3) is 0.550. The van der Waals surface area contributed by atoms with Gasteiger partial charge < -0.3 is 24.4 Å². The van der Waals surface area contributed by atoms with Crippen molar-refractivity contribution in [2.24, 2.45) is 5.92 Å². The third kappa shape index (κ3) is 5.15. The molecule has 0 aliphatic carbocycles. The van der Waals surface area contributed by atoms with E-state index < -0.39 is 17.7 Å². The summed E-state index contributed by atoms with van der Waals surface area (Å²) >= 11 is 0. The first-order valence-electron chi connectivity index (χ1n) is 9.17. The van der Waals surface area contributed by atoms with Gasteiger partial charge in [-0.2, -0.15) is 0 Å². The number of benzene rings is 1. The third-order valence-electron chi connectivity index (χ3n) is 4.45. The van der Waals surface area contributed by atoms with Gasteiger partial charge in [0.05, 0.1) is 11.6 Å². The molecule has 8 nitrogen and oxygen atoms in total. The largest absolute Gasteiger partial charge is 0.454 e. The maximum Gasteiger partial charge on any atom is 0.410 e. The monoisotopic (exact) mass is 392 g/mol. The SMILES string of the molecule is CC(C)C(=O)NC(C)(C)COC(=O)N(C)C(C)C(=O)c1ccc2c(c1)OCO2. The number of hydrogen-bond donors (Lipinski definition) is 1. The fourth-order valence-electron chi connectivity index (χ4n) is 2.48. The van der Waals surface area contributed by atoms with Gasteiger partial charge in [-0.15, -0.1) is 0 Å². The van der Waals surface area contributed by atoms with Crippen molar-refractivity contribution >= 4 is 17.8 Å². The van der Waals surface area contributed by atoms with Crippen molar-refractivity contribution in [1.29, 1.82) is 0 Å². The lowest BCUT2D eigenvalue weighted by Crippen LogP contribution is -2.50. The van der Waals surface area contributed by atoms with Crippen molar-refractivity contribution in [1.82, 2.24) is 10.2 Å². The van der Waals surface area contributed by atoms with Crippen LogP contribution in [0.15, 0.2) is 18.2 Å². The molecular formula is C20H28N2O6. The summed E-state index contributed by atoms with van der Waals surface area (Å²) in [4.78, 5) is 38.2. The summed E-state index contributed by atoms with van der Waals surface area (Å²) in [6, 6.07) is 4.17. The molecule has 1 heterocycles. The first kappa shape index (κ1) is 21.5. The topological polar surface area (TPSA) is 94.2 Å². The molecular weight excluding hydrogens is 364 g/mol. The zero-order valence-corrected chi connectivity index (χ0v) is 17.2. The number of nitrogens with one attached hydrogen (secondary N) is 1. The van der Waals surface area contributed by atoms with Crippen LogP contribution in [0.2, 0.25) is 0 Å². The number of ketones is 1. The molecule has 1 aromatic rings. The summed E-state index contributed by atoms with van der Waals surface area (Å²) in [6.45, 7) is 8.84. The number of hydrogen-bond acceptors (Lipinski definition) is 6. The van der Waals surface area contributed by atoms with Crippen molar-refractivity contribution < 1.29 is 28.6 Å². The number of fused-ring (bicyclic) bond motifs is 1. The van der Waals surface area contributed by atoms with Gasteiger partial charge in [0.1, 0.15) is 6.61 Å². The highest BCUT2D eigenvalue weighted by Crippen LogP contribution is 2.33. The van der Waals surface area contributed by atoms with Crippen LogP contribution in [0.25, 0.3) is 0 Å². The molecule has 0 aromatic heterocycles. The van der Waals surface area contributed by atoms with E-state index in [9.17, 15) is 14.4 Å². The molecule has 1 N–H and O–H groups in total. The molecule has 1 atom stereocenters. The van der Waals surface area contributed by atoms with Gasteiger partial charge in [-0.25, -0.2) is 4.79 Å². The molecule has 0 spiro atoms. The number of ether oxygens (including phenoxy) is 3. The minimum Gasteiger partial charge on any atom is -0.454 e. The minimum atomic E-state index is -0.735. The average Bonchev–Trinajstić information content (AvgIpc) is 3.11. The van der Waals surface area contributed by atoms with Crippen molar-refractivity contribution in [2.45, 2.75) is 46.2 Å². The van der Waals surface area contributed by atoms with E-state index in [2.05, 4.69) is 5.32 Å². The van der Waals surface area contributed by atoms with Crippen molar-refractivity contribution in [3.05, 3.63) is 23.8 Å². The lowest BCUT2D eigenvalue weighted by Gasteiger charge is -2.29. The zero-order chi connectivity index (χ0) is 21.1. The Balaban J connectivity index is 1.94. The molecule has 1 aliphatic rings. The van der Waals surface area contributed by atoms with Crippen LogP contribution in [0, 0.1) is 5.92 Å². The number of carbonyl (C=O) groups excluding carboxylic acids is 3. The Morgan fingerprint density at radius 1 is 1.18 bits per heavy atom. The predicted molar refractivity (Wildman–Crippen MR) is 103 cm³/mol. The second kappa shape index (κ2) is 8.50. The minimum absolute atomic E-state index is 0.0143. The lowest BCUT2D eigenvalue weighted by atomic mass is 10.0. The van der Waals surface area contributed by atoms with Gasteiger partial charge in [-0.3, -0.25) is 9.59 Å². The number of amides is 2. The zero-order valence-electron chi connectivity index (χ0n) is 17.2. The van der Waals surface area contributed by atoms with E-state index >= 15 is 0 Å². The van der Waals surface area contributed by atoms with Gasteiger partial charge in [0.15, 0.2) is 17.3 Å². The molecule has 0 saturated carbocycles. The number of carbonyl (C=O) groups is 3. The average molecular weight is 392 g/mol. The van der Waals surface area contributed by atoms with E-state index in [1.54, 1.807) is 52.8 Å². The lowest BCUT2D eigenvalue weighted by molar-refractivity contribution is -0.126. The summed E-state index contributed by atoms with van der Waals surface area (Å²) < 4.78 is 15.8. The Morgan fingerprint density at radius 3 is 2.46 bits per heavy atom. The van der Waals surface area contributed by atoms with Gasteiger partial charge in [-0.05, 0) is 39.0 Å². The van der Waals surface area contributed by atoms with Crippen LogP contribution < -0.4 is 14.8 Å². The predicted octanol–water partition coefficient (Wildman–Crippen LogP) is 2.61. The maximum atomic E-state index is 12.7. The number of likely N-dealkylation sites (N-methyl/N-ethyl adjacent to an activating group) is 1. The highest BCUT2D eigenvalue weighted by molar-refractivity contribution is 6.01. The Morgan fingerprint density at radius 2 is 1.82 bits per heavy atom. The summed E-state index contributed by atoms with van der Waals surface area (Å²) in [6.07, 6.45) is -0.645. The van der Waals surface area contributed by atoms with Crippen LogP contribution in [0.1, 0.15) is 45.0 Å². The standard InChI is InChI=1S/C20H28N2O6/c1-12(2)18(24)21-20(4,5)10-26-19(25)22(6)13(3)17(23)14-7-8-15-16(9-14)28-11-27-15/h7-9,12-13H,10-11H2,1-6H3,(H,21,24). The quantitative estimate of drug-likeness (QED) is 0.717. The highest BCUT2D eigenvalue weighted by Gasteiger charge is 2.29. The second-order valence-electron chi connectivity index (χ2n) is 7.80. The summed E-state index contributed by atoms with van der Waals surface area (Å²) in [7, 11) is 1.50. The van der Waals surface area contributed by atoms with E-state index in [1.807, 2.05) is 0 Å². The van der Waals surface area contributed by atoms with Crippen LogP contribution in [-0.4, -0.2) is 54.7 Å². The highest BCUT2D eigenvalue weighted by atomic mass is 16.7. The Kier molecular flexibility index (Phi) is 6.53. The molecule has 1 aliphatic heterocycles. The van der Waals surface area contributed by atoms with Crippen molar-refractivity contribution in [3.8, 4) is 11.5 Å². The molecule has 0 bridgehead atoms. The van der Waals surface area contributed by atoms with E-state index in [0.29, 0.717) is 17.1 Å². The van der Waals surface area contributed by atoms with Gasteiger partial charge in [0.2, 0.25) is 12.7 Å². The van der Waals surface area contributed by atoms with Gasteiger partial charge >= 0.3 is 6.09 Å². The van der Waals surface area contributed by atoms with Gasteiger partial charge in [0.25, 0.3) is 0 Å². The Labute approximate surface area is 165 Å². The summed E-state index contributed by atoms with van der Waals surface area (Å²) in [5, 5.41) is 2.82. The van der Waals surface area contributed by atoms with E-state index in [0.717, 1.165) is 0 Å². The normalized spacial score (nSPS) is 13.8. The van der Waals surface area contributed by atoms with Gasteiger partial charge in [0, 0.05) is 18.5 Å². The van der Waals surface area contributed by atoms with Crippen LogP contribution in [0.4, 0.5) is 4.79 Å². The van der Waals surface area contributed by atoms with Gasteiger partial charge in [-0.1, -0.05) is 13.8 Å². The Bertz CT molecular complexity index is 759. The molecule has 0 radical (unpaired) electrons. The molecule has 1 unspecified atom stereocenters. The summed E-state index contributed by atoms with van der Waals surface area (Å²) in [5.74, 6) is 0.552. The van der Waals surface area contributed by atoms with Crippen LogP contribution >= 0.6 is 0 Å². The Hall–Kier alpha value is -2.77. The van der Waals surface area contributed by atoms with Crippen LogP contribution in [0.3, 0.4) is 0 Å². The van der Waals surface area contributed by atoms with E-state index in [4.69, 9.17) is 14.2 Å². The molecule has 0 saturated heterocycles. The fourth-order valence-corrected chi connectivity index (χ4v) is 2.48. The molecule has 2 rings (SSSR count). The second-order valence-corrected chi connectivity index (χ2v) is 7.80. The van der Waals surface area contributed by atoms with Crippen LogP contribution in [-0.2, 0) is 9.53 Å². The number of Topliss-reactive ketones (excluding diaryl/α,β-unsaturated/α-hetero) is 1. The summed E-state index contributed by atoms with van der Waals surface area (Å²) in [5.41, 5.74) is -0.302. The molecule has 0 fully saturated rings. The first-order valence-corrected chi connectivity index (χ1v) is 9.17. The van der Waals surface area contributed by atoms with Crippen molar-refractivity contribution in [2.75, 3.05) is 20.4 Å². The number of rotatable bonds is 7. The molecule has 2 amide bonds. The number of nitrogens with zero attached hydrogens (tertiary/aromatic N) is 1. The third-order valence-corrected chi connectivity index (χ3v) is 4.45. The molecule has 8 heteroatoms. The smallest absolute Gasteiger partial charge is 0.410 e. The molecule has 28 heavy (non-hydrogen) atoms. The molecule has 1 aromatic carbocycles.